The molecule has 7 nitrogen and oxygen atoms in total. The molecule has 1 aromatic carbocycles. The minimum atomic E-state index is -0.190. The van der Waals surface area contributed by atoms with Crippen LogP contribution in [-0.4, -0.2) is 85.5 Å². The van der Waals surface area contributed by atoms with Gasteiger partial charge < -0.3 is 15.0 Å². The summed E-state index contributed by atoms with van der Waals surface area (Å²) in [6.07, 6.45) is 3.49. The molecule has 2 aliphatic rings. The van der Waals surface area contributed by atoms with Crippen LogP contribution in [0.15, 0.2) is 24.3 Å². The molecule has 7 heteroatoms. The van der Waals surface area contributed by atoms with Gasteiger partial charge in [0.15, 0.2) is 0 Å². The van der Waals surface area contributed by atoms with Crippen molar-refractivity contribution in [3.63, 3.8) is 0 Å². The molecule has 0 spiro atoms. The van der Waals surface area contributed by atoms with Crippen molar-refractivity contribution in [1.82, 2.24) is 20.0 Å². The molecule has 0 saturated carbocycles. The van der Waals surface area contributed by atoms with Crippen LogP contribution in [0.3, 0.4) is 0 Å². The zero-order valence-corrected chi connectivity index (χ0v) is 17.7. The normalized spacial score (nSPS) is 19.6. The average molecular weight is 403 g/mol. The van der Waals surface area contributed by atoms with Gasteiger partial charge in [-0.3, -0.25) is 19.4 Å². The molecular formula is C22H34N4O3. The Morgan fingerprint density at radius 3 is 2.41 bits per heavy atom. The number of hydrogen-bond donors (Lipinski definition) is 1. The molecule has 1 N–H and O–H groups in total. The van der Waals surface area contributed by atoms with Crippen molar-refractivity contribution in [1.29, 1.82) is 0 Å². The fourth-order valence-electron chi connectivity index (χ4n) is 4.09. The fraction of sp³-hybridized carbons (Fsp3) is 0.636. The molecule has 29 heavy (non-hydrogen) atoms. The molecule has 2 saturated heterocycles. The SMILES string of the molecule is COc1ccccc1CNC(=O)C(C)N1CCN(CC(=O)N2CCCCC2)CC1. The van der Waals surface area contributed by atoms with Crippen LogP contribution in [0.1, 0.15) is 31.7 Å². The van der Waals surface area contributed by atoms with Gasteiger partial charge in [0.1, 0.15) is 5.75 Å². The van der Waals surface area contributed by atoms with Crippen LogP contribution in [0.2, 0.25) is 0 Å². The maximum atomic E-state index is 12.6. The van der Waals surface area contributed by atoms with Crippen LogP contribution >= 0.6 is 0 Å². The van der Waals surface area contributed by atoms with Gasteiger partial charge in [-0.05, 0) is 32.3 Å². The van der Waals surface area contributed by atoms with Gasteiger partial charge in [-0.25, -0.2) is 0 Å². The van der Waals surface area contributed by atoms with Gasteiger partial charge in [-0.1, -0.05) is 18.2 Å². The number of amides is 2. The standard InChI is InChI=1S/C22H34N4O3/c1-18(22(28)23-16-19-8-4-5-9-20(19)29-2)25-14-12-24(13-15-25)17-21(27)26-10-6-3-7-11-26/h4-5,8-9,18H,3,6-7,10-17H2,1-2H3,(H,23,28). The summed E-state index contributed by atoms with van der Waals surface area (Å²) in [5, 5.41) is 3.02. The number of hydrogen-bond acceptors (Lipinski definition) is 5. The lowest BCUT2D eigenvalue weighted by Gasteiger charge is -2.38. The minimum Gasteiger partial charge on any atom is -0.496 e. The van der Waals surface area contributed by atoms with Crippen molar-refractivity contribution in [2.24, 2.45) is 0 Å². The van der Waals surface area contributed by atoms with E-state index >= 15 is 0 Å². The smallest absolute Gasteiger partial charge is 0.237 e. The molecule has 2 amide bonds. The molecule has 0 radical (unpaired) electrons. The maximum absolute atomic E-state index is 12.6. The second kappa shape index (κ2) is 10.6. The Bertz CT molecular complexity index is 682. The molecule has 1 aromatic rings. The molecule has 1 unspecified atom stereocenters. The zero-order valence-electron chi connectivity index (χ0n) is 17.7. The molecule has 2 aliphatic heterocycles. The Hall–Kier alpha value is -2.12. The van der Waals surface area contributed by atoms with Crippen LogP contribution in [0, 0.1) is 0 Å². The van der Waals surface area contributed by atoms with E-state index in [1.54, 1.807) is 7.11 Å². The molecule has 2 fully saturated rings. The maximum Gasteiger partial charge on any atom is 0.237 e. The van der Waals surface area contributed by atoms with Gasteiger partial charge in [0.25, 0.3) is 0 Å². The van der Waals surface area contributed by atoms with E-state index in [4.69, 9.17) is 4.74 Å². The third kappa shape index (κ3) is 5.93. The number of likely N-dealkylation sites (tertiary alicyclic amines) is 1. The highest BCUT2D eigenvalue weighted by molar-refractivity contribution is 5.81. The second-order valence-corrected chi connectivity index (χ2v) is 7.96. The van der Waals surface area contributed by atoms with Crippen molar-refractivity contribution in [2.75, 3.05) is 52.9 Å². The summed E-state index contributed by atoms with van der Waals surface area (Å²) in [7, 11) is 1.64. The van der Waals surface area contributed by atoms with E-state index in [1.807, 2.05) is 36.1 Å². The number of ether oxygens (including phenoxy) is 1. The molecular weight excluding hydrogens is 368 g/mol. The van der Waals surface area contributed by atoms with Crippen molar-refractivity contribution in [3.05, 3.63) is 29.8 Å². The Morgan fingerprint density at radius 1 is 1.03 bits per heavy atom. The lowest BCUT2D eigenvalue weighted by molar-refractivity contribution is -0.134. The number of piperazine rings is 1. The lowest BCUT2D eigenvalue weighted by Crippen LogP contribution is -2.55. The van der Waals surface area contributed by atoms with Crippen LogP contribution in [0.25, 0.3) is 0 Å². The third-order valence-electron chi connectivity index (χ3n) is 6.05. The minimum absolute atomic E-state index is 0.0220. The summed E-state index contributed by atoms with van der Waals surface area (Å²) >= 11 is 0. The monoisotopic (exact) mass is 402 g/mol. The number of para-hydroxylation sites is 1. The topological polar surface area (TPSA) is 65.1 Å². The van der Waals surface area contributed by atoms with E-state index in [1.165, 1.54) is 6.42 Å². The second-order valence-electron chi connectivity index (χ2n) is 7.96. The van der Waals surface area contributed by atoms with E-state index in [9.17, 15) is 9.59 Å². The molecule has 160 valence electrons. The number of benzene rings is 1. The van der Waals surface area contributed by atoms with Gasteiger partial charge in [0.2, 0.25) is 11.8 Å². The summed E-state index contributed by atoms with van der Waals surface area (Å²) < 4.78 is 5.34. The summed E-state index contributed by atoms with van der Waals surface area (Å²) in [6, 6.07) is 7.53. The first-order valence-corrected chi connectivity index (χ1v) is 10.7. The molecule has 0 aliphatic carbocycles. The van der Waals surface area contributed by atoms with Crippen molar-refractivity contribution in [3.8, 4) is 5.75 Å². The number of nitrogens with zero attached hydrogens (tertiary/aromatic N) is 3. The number of nitrogens with one attached hydrogen (secondary N) is 1. The third-order valence-corrected chi connectivity index (χ3v) is 6.05. The Balaban J connectivity index is 1.41. The average Bonchev–Trinajstić information content (AvgIpc) is 2.78. The van der Waals surface area contributed by atoms with Gasteiger partial charge in [0, 0.05) is 51.4 Å². The largest absolute Gasteiger partial charge is 0.496 e. The highest BCUT2D eigenvalue weighted by Crippen LogP contribution is 2.17. The van der Waals surface area contributed by atoms with Crippen LogP contribution in [-0.2, 0) is 16.1 Å². The van der Waals surface area contributed by atoms with Gasteiger partial charge in [-0.2, -0.15) is 0 Å². The summed E-state index contributed by atoms with van der Waals surface area (Å²) in [5.74, 6) is 1.06. The Labute approximate surface area is 174 Å². The lowest BCUT2D eigenvalue weighted by atomic mass is 10.1. The number of methoxy groups -OCH3 is 1. The Kier molecular flexibility index (Phi) is 7.89. The first-order chi connectivity index (χ1) is 14.1. The van der Waals surface area contributed by atoms with Crippen LogP contribution in [0.4, 0.5) is 0 Å². The predicted molar refractivity (Wildman–Crippen MR) is 113 cm³/mol. The van der Waals surface area contributed by atoms with Crippen molar-refractivity contribution in [2.45, 2.75) is 38.8 Å². The first-order valence-electron chi connectivity index (χ1n) is 10.7. The zero-order chi connectivity index (χ0) is 20.6. The van der Waals surface area contributed by atoms with Gasteiger partial charge in [-0.15, -0.1) is 0 Å². The van der Waals surface area contributed by atoms with E-state index in [-0.39, 0.29) is 17.9 Å². The van der Waals surface area contributed by atoms with E-state index in [0.717, 1.165) is 63.4 Å². The number of carbonyl (C=O) groups is 2. The van der Waals surface area contributed by atoms with Crippen molar-refractivity contribution >= 4 is 11.8 Å². The van der Waals surface area contributed by atoms with E-state index in [0.29, 0.717) is 13.1 Å². The molecule has 0 bridgehead atoms. The highest BCUT2D eigenvalue weighted by atomic mass is 16.5. The molecule has 3 rings (SSSR count). The molecule has 0 aromatic heterocycles. The first kappa shape index (κ1) is 21.6. The van der Waals surface area contributed by atoms with Gasteiger partial charge in [0.05, 0.1) is 19.7 Å². The highest BCUT2D eigenvalue weighted by Gasteiger charge is 2.27. The summed E-state index contributed by atoms with van der Waals surface area (Å²) in [5.41, 5.74) is 0.969. The predicted octanol–water partition coefficient (Wildman–Crippen LogP) is 1.33. The molecule has 2 heterocycles. The van der Waals surface area contributed by atoms with E-state index in [2.05, 4.69) is 15.1 Å². The number of carbonyl (C=O) groups excluding carboxylic acids is 2. The van der Waals surface area contributed by atoms with Crippen LogP contribution in [0.5, 0.6) is 5.75 Å². The fourth-order valence-corrected chi connectivity index (χ4v) is 4.09. The Morgan fingerprint density at radius 2 is 1.72 bits per heavy atom. The molecule has 1 atom stereocenters. The number of piperidine rings is 1. The summed E-state index contributed by atoms with van der Waals surface area (Å²) in [6.45, 7) is 7.97. The van der Waals surface area contributed by atoms with E-state index < -0.39 is 0 Å². The van der Waals surface area contributed by atoms with Crippen LogP contribution < -0.4 is 10.1 Å². The quantitative estimate of drug-likeness (QED) is 0.746. The number of rotatable bonds is 7. The van der Waals surface area contributed by atoms with Gasteiger partial charge >= 0.3 is 0 Å². The summed E-state index contributed by atoms with van der Waals surface area (Å²) in [4.78, 5) is 31.5. The van der Waals surface area contributed by atoms with Crippen molar-refractivity contribution < 1.29 is 14.3 Å².